The van der Waals surface area contributed by atoms with E-state index in [1.54, 1.807) is 12.1 Å². The van der Waals surface area contributed by atoms with E-state index in [2.05, 4.69) is 63.3 Å². The van der Waals surface area contributed by atoms with Crippen LogP contribution in [-0.4, -0.2) is 23.9 Å². The Balaban J connectivity index is 1.62. The Bertz CT molecular complexity index is 1140. The molecule has 0 saturated heterocycles. The zero-order chi connectivity index (χ0) is 24.3. The zero-order valence-corrected chi connectivity index (χ0v) is 20.7. The first-order chi connectivity index (χ1) is 16.2. The maximum Gasteiger partial charge on any atom is 0.256 e. The van der Waals surface area contributed by atoms with Crippen LogP contribution < -0.4 is 5.32 Å². The van der Waals surface area contributed by atoms with Crippen LogP contribution in [0.25, 0.3) is 0 Å². The molecule has 4 heteroatoms. The number of nitrogens with one attached hydrogen (secondary N) is 1. The molecule has 3 nitrogen and oxygen atoms in total. The molecule has 1 aliphatic rings. The highest BCUT2D eigenvalue weighted by atomic mass is 19.1. The summed E-state index contributed by atoms with van der Waals surface area (Å²) in [6, 6.07) is 19.3. The third-order valence-corrected chi connectivity index (χ3v) is 6.58. The molecule has 4 rings (SSSR count). The van der Waals surface area contributed by atoms with Crippen LogP contribution in [-0.2, 0) is 24.8 Å². The molecule has 0 unspecified atom stereocenters. The SMILES string of the molecule is Cc1cc2c(c(C(=O)N(CCc3ccc(F)cc3)Cc3ccc(C(C)(C)C)cc3)c1)NCCC2. The number of amides is 1. The third-order valence-electron chi connectivity index (χ3n) is 6.58. The van der Waals surface area contributed by atoms with E-state index in [1.165, 1.54) is 23.3 Å². The highest BCUT2D eigenvalue weighted by Gasteiger charge is 2.23. The topological polar surface area (TPSA) is 32.3 Å². The van der Waals surface area contributed by atoms with Crippen LogP contribution in [0.5, 0.6) is 0 Å². The maximum absolute atomic E-state index is 13.9. The molecule has 0 atom stereocenters. The predicted molar refractivity (Wildman–Crippen MR) is 138 cm³/mol. The molecule has 0 bridgehead atoms. The van der Waals surface area contributed by atoms with Gasteiger partial charge in [-0.1, -0.05) is 63.2 Å². The summed E-state index contributed by atoms with van der Waals surface area (Å²) in [5, 5.41) is 3.47. The molecule has 1 amide bonds. The van der Waals surface area contributed by atoms with Gasteiger partial charge in [0.1, 0.15) is 5.82 Å². The Kier molecular flexibility index (Phi) is 7.06. The van der Waals surface area contributed by atoms with Gasteiger partial charge in [-0.05, 0) is 77.6 Å². The van der Waals surface area contributed by atoms with Gasteiger partial charge in [-0.2, -0.15) is 0 Å². The number of benzene rings is 3. The van der Waals surface area contributed by atoms with E-state index >= 15 is 0 Å². The number of carbonyl (C=O) groups excluding carboxylic acids is 1. The first kappa shape index (κ1) is 24.0. The fraction of sp³-hybridized carbons (Fsp3) is 0.367. The van der Waals surface area contributed by atoms with E-state index < -0.39 is 0 Å². The van der Waals surface area contributed by atoms with Crippen molar-refractivity contribution in [3.05, 3.63) is 99.9 Å². The second-order valence-electron chi connectivity index (χ2n) is 10.4. The summed E-state index contributed by atoms with van der Waals surface area (Å²) in [5.41, 5.74) is 7.56. The van der Waals surface area contributed by atoms with Gasteiger partial charge in [-0.25, -0.2) is 4.39 Å². The summed E-state index contributed by atoms with van der Waals surface area (Å²) >= 11 is 0. The molecular weight excluding hydrogens is 423 g/mol. The summed E-state index contributed by atoms with van der Waals surface area (Å²) in [6.07, 6.45) is 2.75. The second-order valence-corrected chi connectivity index (χ2v) is 10.4. The highest BCUT2D eigenvalue weighted by Crippen LogP contribution is 2.30. The number of nitrogens with zero attached hydrogens (tertiary/aromatic N) is 1. The van der Waals surface area contributed by atoms with Crippen molar-refractivity contribution in [3.63, 3.8) is 0 Å². The summed E-state index contributed by atoms with van der Waals surface area (Å²) in [4.78, 5) is 15.8. The fourth-order valence-corrected chi connectivity index (χ4v) is 4.60. The van der Waals surface area contributed by atoms with Gasteiger partial charge in [0.05, 0.1) is 11.3 Å². The average molecular weight is 459 g/mol. The summed E-state index contributed by atoms with van der Waals surface area (Å²) in [6.45, 7) is 10.7. The van der Waals surface area contributed by atoms with Gasteiger partial charge in [0.15, 0.2) is 0 Å². The van der Waals surface area contributed by atoms with Crippen LogP contribution in [0.15, 0.2) is 60.7 Å². The van der Waals surface area contributed by atoms with Gasteiger partial charge in [0.25, 0.3) is 5.91 Å². The molecule has 3 aromatic rings. The number of rotatable bonds is 6. The van der Waals surface area contributed by atoms with E-state index in [0.29, 0.717) is 19.5 Å². The fourth-order valence-electron chi connectivity index (χ4n) is 4.60. The Hall–Kier alpha value is -3.14. The van der Waals surface area contributed by atoms with E-state index in [4.69, 9.17) is 0 Å². The molecule has 1 N–H and O–H groups in total. The number of anilines is 1. The maximum atomic E-state index is 13.9. The molecular formula is C30H35FN2O. The van der Waals surface area contributed by atoms with Gasteiger partial charge in [-0.15, -0.1) is 0 Å². The van der Waals surface area contributed by atoms with Gasteiger partial charge >= 0.3 is 0 Å². The van der Waals surface area contributed by atoms with Crippen molar-refractivity contribution in [2.24, 2.45) is 0 Å². The molecule has 0 aromatic heterocycles. The van der Waals surface area contributed by atoms with Crippen LogP contribution >= 0.6 is 0 Å². The summed E-state index contributed by atoms with van der Waals surface area (Å²) < 4.78 is 13.4. The van der Waals surface area contributed by atoms with Crippen molar-refractivity contribution in [2.45, 2.75) is 58.9 Å². The summed E-state index contributed by atoms with van der Waals surface area (Å²) in [7, 11) is 0. The number of halogens is 1. The Morgan fingerprint density at radius 2 is 1.68 bits per heavy atom. The molecule has 0 fully saturated rings. The van der Waals surface area contributed by atoms with Crippen molar-refractivity contribution in [3.8, 4) is 0 Å². The normalized spacial score (nSPS) is 13.2. The Labute approximate surface area is 203 Å². The standard InChI is InChI=1S/C30H35FN2O/c1-21-18-24-6-5-16-32-28(24)27(19-21)29(34)33(17-15-22-9-13-26(31)14-10-22)20-23-7-11-25(12-8-23)30(2,3)4/h7-14,18-19,32H,5-6,15-17,20H2,1-4H3. The minimum Gasteiger partial charge on any atom is -0.384 e. The monoisotopic (exact) mass is 458 g/mol. The molecule has 3 aromatic carbocycles. The van der Waals surface area contributed by atoms with E-state index in [-0.39, 0.29) is 17.1 Å². The smallest absolute Gasteiger partial charge is 0.256 e. The quantitative estimate of drug-likeness (QED) is 0.447. The van der Waals surface area contributed by atoms with Crippen molar-refractivity contribution in [2.75, 3.05) is 18.4 Å². The minimum atomic E-state index is -0.243. The number of hydrogen-bond acceptors (Lipinski definition) is 2. The predicted octanol–water partition coefficient (Wildman–Crippen LogP) is 6.67. The number of carbonyl (C=O) groups is 1. The van der Waals surface area contributed by atoms with Crippen molar-refractivity contribution < 1.29 is 9.18 Å². The Morgan fingerprint density at radius 1 is 1.00 bits per heavy atom. The molecule has 34 heavy (non-hydrogen) atoms. The molecule has 0 radical (unpaired) electrons. The van der Waals surface area contributed by atoms with Gasteiger partial charge in [-0.3, -0.25) is 4.79 Å². The molecule has 0 aliphatic carbocycles. The lowest BCUT2D eigenvalue weighted by atomic mass is 9.86. The molecule has 0 spiro atoms. The molecule has 1 aliphatic heterocycles. The van der Waals surface area contributed by atoms with Crippen LogP contribution in [0.2, 0.25) is 0 Å². The molecule has 0 saturated carbocycles. The largest absolute Gasteiger partial charge is 0.384 e. The second kappa shape index (κ2) is 10.0. The van der Waals surface area contributed by atoms with E-state index in [9.17, 15) is 9.18 Å². The van der Waals surface area contributed by atoms with Crippen molar-refractivity contribution >= 4 is 11.6 Å². The minimum absolute atomic E-state index is 0.0383. The first-order valence-corrected chi connectivity index (χ1v) is 12.2. The zero-order valence-electron chi connectivity index (χ0n) is 20.7. The lowest BCUT2D eigenvalue weighted by Crippen LogP contribution is -2.33. The van der Waals surface area contributed by atoms with E-state index in [0.717, 1.165) is 47.3 Å². The lowest BCUT2D eigenvalue weighted by Gasteiger charge is -2.27. The van der Waals surface area contributed by atoms with Crippen LogP contribution in [0.3, 0.4) is 0 Å². The number of hydrogen-bond donors (Lipinski definition) is 1. The first-order valence-electron chi connectivity index (χ1n) is 12.2. The highest BCUT2D eigenvalue weighted by molar-refractivity contribution is 6.00. The van der Waals surface area contributed by atoms with Crippen LogP contribution in [0.4, 0.5) is 10.1 Å². The average Bonchev–Trinajstić information content (AvgIpc) is 2.81. The van der Waals surface area contributed by atoms with Crippen molar-refractivity contribution in [1.29, 1.82) is 0 Å². The molecule has 178 valence electrons. The Morgan fingerprint density at radius 3 is 2.35 bits per heavy atom. The lowest BCUT2D eigenvalue weighted by molar-refractivity contribution is 0.0745. The van der Waals surface area contributed by atoms with Gasteiger partial charge < -0.3 is 10.2 Å². The van der Waals surface area contributed by atoms with Gasteiger partial charge in [0.2, 0.25) is 0 Å². The van der Waals surface area contributed by atoms with Gasteiger partial charge in [0, 0.05) is 19.6 Å². The van der Waals surface area contributed by atoms with Crippen molar-refractivity contribution in [1.82, 2.24) is 4.90 Å². The number of fused-ring (bicyclic) bond motifs is 1. The molecule has 1 heterocycles. The summed E-state index contributed by atoms with van der Waals surface area (Å²) in [5.74, 6) is -0.204. The van der Waals surface area contributed by atoms with E-state index in [1.807, 2.05) is 11.0 Å². The van der Waals surface area contributed by atoms with Crippen LogP contribution in [0, 0.1) is 12.7 Å². The number of aryl methyl sites for hydroxylation is 2. The van der Waals surface area contributed by atoms with Crippen LogP contribution in [0.1, 0.15) is 65.4 Å². The third kappa shape index (κ3) is 5.67.